The fourth-order valence-electron chi connectivity index (χ4n) is 0.166. The minimum absolute atomic E-state index is 0. The van der Waals surface area contributed by atoms with E-state index in [1.807, 2.05) is 0 Å². The number of aromatic nitrogens is 4. The van der Waals surface area contributed by atoms with Gasteiger partial charge in [0.25, 0.3) is 0 Å². The Hall–Kier alpha value is -0.208. The van der Waals surface area contributed by atoms with Crippen LogP contribution in [0, 0.1) is 0 Å². The summed E-state index contributed by atoms with van der Waals surface area (Å²) in [6.45, 7) is 0. The molecule has 0 saturated carbocycles. The molecule has 38 valence electrons. The molecule has 0 fully saturated rings. The summed E-state index contributed by atoms with van der Waals surface area (Å²) in [4.78, 5) is 0. The number of tetrazole rings is 1. The van der Waals surface area contributed by atoms with Crippen LogP contribution in [0.15, 0.2) is 0 Å². The van der Waals surface area contributed by atoms with Gasteiger partial charge in [-0.1, -0.05) is 5.10 Å². The molecular formula is CH5N5Pb. The number of anilines is 1. The van der Waals surface area contributed by atoms with Gasteiger partial charge < -0.3 is 5.73 Å². The number of H-pyrrole nitrogens is 1. The zero-order valence-electron chi connectivity index (χ0n) is 3.63. The van der Waals surface area contributed by atoms with E-state index in [-0.39, 0.29) is 33.2 Å². The summed E-state index contributed by atoms with van der Waals surface area (Å²) in [6.07, 6.45) is 0. The van der Waals surface area contributed by atoms with Crippen molar-refractivity contribution in [1.82, 2.24) is 20.6 Å². The van der Waals surface area contributed by atoms with Gasteiger partial charge in [-0.15, -0.1) is 0 Å². The predicted octanol–water partition coefficient (Wildman–Crippen LogP) is -2.13. The van der Waals surface area contributed by atoms with Gasteiger partial charge in [-0.3, -0.25) is 0 Å². The van der Waals surface area contributed by atoms with Crippen LogP contribution in [0.1, 0.15) is 0 Å². The topological polar surface area (TPSA) is 80.5 Å². The van der Waals surface area contributed by atoms with Gasteiger partial charge in [0.2, 0.25) is 5.95 Å². The van der Waals surface area contributed by atoms with Crippen molar-refractivity contribution in [2.75, 3.05) is 5.73 Å². The Morgan fingerprint density at radius 1 is 1.57 bits per heavy atom. The van der Waals surface area contributed by atoms with Gasteiger partial charge in [0.05, 0.1) is 0 Å². The first kappa shape index (κ1) is 6.79. The van der Waals surface area contributed by atoms with E-state index in [1.54, 1.807) is 0 Å². The number of rotatable bonds is 0. The summed E-state index contributed by atoms with van der Waals surface area (Å²) in [7, 11) is 0. The number of hydrogen-bond donors (Lipinski definition) is 2. The third kappa shape index (κ3) is 1.81. The third-order valence-electron chi connectivity index (χ3n) is 0.362. The zero-order valence-corrected chi connectivity index (χ0v) is 9.12. The van der Waals surface area contributed by atoms with E-state index in [0.29, 0.717) is 0 Å². The Morgan fingerprint density at radius 3 is 2.43 bits per heavy atom. The van der Waals surface area contributed by atoms with Gasteiger partial charge in [-0.2, -0.15) is 0 Å². The molecule has 1 aromatic rings. The maximum atomic E-state index is 4.99. The van der Waals surface area contributed by atoms with Crippen molar-refractivity contribution >= 4 is 33.2 Å². The van der Waals surface area contributed by atoms with E-state index in [2.05, 4.69) is 20.6 Å². The molecule has 1 aromatic heterocycles. The Morgan fingerprint density at radius 2 is 2.29 bits per heavy atom. The van der Waals surface area contributed by atoms with Crippen LogP contribution in [0.2, 0.25) is 0 Å². The fourth-order valence-corrected chi connectivity index (χ4v) is 0.166. The van der Waals surface area contributed by atoms with Crippen molar-refractivity contribution in [1.29, 1.82) is 0 Å². The molecule has 0 aliphatic heterocycles. The van der Waals surface area contributed by atoms with Crippen molar-refractivity contribution in [3.05, 3.63) is 0 Å². The van der Waals surface area contributed by atoms with Gasteiger partial charge in [0.15, 0.2) is 0 Å². The second-order valence-electron chi connectivity index (χ2n) is 0.786. The molecule has 0 spiro atoms. The van der Waals surface area contributed by atoms with Gasteiger partial charge in [0.1, 0.15) is 0 Å². The number of aromatic amines is 1. The van der Waals surface area contributed by atoms with Crippen LogP contribution in [0.25, 0.3) is 0 Å². The molecule has 0 amide bonds. The minimum atomic E-state index is 0. The molecule has 0 aromatic carbocycles. The molecule has 0 saturated heterocycles. The molecule has 5 nitrogen and oxygen atoms in total. The second-order valence-corrected chi connectivity index (χ2v) is 0.786. The predicted molar refractivity (Wildman–Crippen MR) is 27.1 cm³/mol. The first-order chi connectivity index (χ1) is 2.89. The van der Waals surface area contributed by atoms with E-state index < -0.39 is 0 Å². The number of nitrogens with one attached hydrogen (secondary N) is 1. The van der Waals surface area contributed by atoms with Crippen LogP contribution in [0.4, 0.5) is 5.95 Å². The molecular weight excluding hydrogens is 289 g/mol. The van der Waals surface area contributed by atoms with Gasteiger partial charge in [-0.25, -0.2) is 5.10 Å². The average molecular weight is 294 g/mol. The molecule has 6 heteroatoms. The number of nitrogens with zero attached hydrogens (tertiary/aromatic N) is 3. The van der Waals surface area contributed by atoms with Gasteiger partial charge >= 0.3 is 27.3 Å². The summed E-state index contributed by atoms with van der Waals surface area (Å²) >= 11 is 0. The Labute approximate surface area is 59.8 Å². The summed E-state index contributed by atoms with van der Waals surface area (Å²) in [5.41, 5.74) is 4.99. The maximum absolute atomic E-state index is 4.99. The van der Waals surface area contributed by atoms with E-state index in [1.165, 1.54) is 0 Å². The average Bonchev–Trinajstić information content (AvgIpc) is 1.86. The van der Waals surface area contributed by atoms with Crippen molar-refractivity contribution in [3.63, 3.8) is 0 Å². The Balaban J connectivity index is 0.000000360. The number of hydrogen-bond acceptors (Lipinski definition) is 4. The summed E-state index contributed by atoms with van der Waals surface area (Å²) in [5, 5.41) is 11.9. The molecule has 7 heavy (non-hydrogen) atoms. The Kier molecular flexibility index (Phi) is 2.80. The summed E-state index contributed by atoms with van der Waals surface area (Å²) < 4.78 is 0. The first-order valence-electron chi connectivity index (χ1n) is 1.39. The molecule has 1 rings (SSSR count). The van der Waals surface area contributed by atoms with E-state index in [4.69, 9.17) is 5.73 Å². The second kappa shape index (κ2) is 2.88. The Bertz CT molecular complexity index is 112. The van der Waals surface area contributed by atoms with Crippen molar-refractivity contribution in [2.24, 2.45) is 0 Å². The molecule has 0 aliphatic carbocycles. The van der Waals surface area contributed by atoms with Crippen LogP contribution in [-0.2, 0) is 0 Å². The van der Waals surface area contributed by atoms with Crippen molar-refractivity contribution in [2.45, 2.75) is 0 Å². The number of nitrogen functional groups attached to an aromatic ring is 1. The van der Waals surface area contributed by atoms with E-state index >= 15 is 0 Å². The molecule has 0 atom stereocenters. The standard InChI is InChI=1S/CH3N5.Pb.2H/c2-1-3-5-6-4-1;;;/h(H3,2,3,4,5,6);;;. The van der Waals surface area contributed by atoms with Gasteiger partial charge in [0, 0.05) is 0 Å². The van der Waals surface area contributed by atoms with Crippen LogP contribution < -0.4 is 5.73 Å². The van der Waals surface area contributed by atoms with Crippen molar-refractivity contribution in [3.8, 4) is 0 Å². The van der Waals surface area contributed by atoms with E-state index in [0.717, 1.165) is 0 Å². The number of nitrogens with two attached hydrogens (primary N) is 1. The summed E-state index contributed by atoms with van der Waals surface area (Å²) in [6, 6.07) is 0. The van der Waals surface area contributed by atoms with Crippen LogP contribution in [0.3, 0.4) is 0 Å². The van der Waals surface area contributed by atoms with Crippen LogP contribution >= 0.6 is 0 Å². The zero-order chi connectivity index (χ0) is 4.41. The van der Waals surface area contributed by atoms with Crippen LogP contribution in [0.5, 0.6) is 0 Å². The molecule has 0 bridgehead atoms. The molecule has 0 unspecified atom stereocenters. The molecule has 0 aliphatic rings. The molecule has 2 radical (unpaired) electrons. The monoisotopic (exact) mass is 295 g/mol. The molecule has 3 N–H and O–H groups in total. The van der Waals surface area contributed by atoms with Crippen LogP contribution in [-0.4, -0.2) is 47.9 Å². The summed E-state index contributed by atoms with van der Waals surface area (Å²) in [5.74, 6) is 0.245. The SMILES string of the molecule is Nc1nnn[nH]1.[PbH2]. The first-order valence-corrected chi connectivity index (χ1v) is 1.39. The fraction of sp³-hybridized carbons (Fsp3) is 0. The molecule has 1 heterocycles. The quantitative estimate of drug-likeness (QED) is 0.536. The van der Waals surface area contributed by atoms with Crippen molar-refractivity contribution < 1.29 is 0 Å². The normalized spacial score (nSPS) is 7.43. The van der Waals surface area contributed by atoms with E-state index in [9.17, 15) is 0 Å². The van der Waals surface area contributed by atoms with Gasteiger partial charge in [-0.05, 0) is 10.4 Å². The third-order valence-corrected chi connectivity index (χ3v) is 0.362.